The minimum atomic E-state index is 0.689. The molecule has 1 heterocycles. The van der Waals surface area contributed by atoms with Crippen molar-refractivity contribution in [3.63, 3.8) is 0 Å². The molecular formula is C10H12N4OS. The summed E-state index contributed by atoms with van der Waals surface area (Å²) >= 11 is 1.25. The highest BCUT2D eigenvalue weighted by Gasteiger charge is 1.98. The molecule has 6 heteroatoms. The van der Waals surface area contributed by atoms with Crippen molar-refractivity contribution in [3.05, 3.63) is 29.8 Å². The molecule has 84 valence electrons. The van der Waals surface area contributed by atoms with Crippen molar-refractivity contribution in [2.45, 2.75) is 13.5 Å². The molecule has 1 aromatic heterocycles. The van der Waals surface area contributed by atoms with Crippen LogP contribution >= 0.6 is 11.5 Å². The number of nitrogens with one attached hydrogen (secondary N) is 1. The van der Waals surface area contributed by atoms with E-state index in [1.54, 1.807) is 0 Å². The maximum Gasteiger partial charge on any atom is 0.225 e. The molecule has 16 heavy (non-hydrogen) atoms. The largest absolute Gasteiger partial charge is 0.494 e. The fraction of sp³-hybridized carbons (Fsp3) is 0.300. The van der Waals surface area contributed by atoms with Crippen LogP contribution in [0.5, 0.6) is 5.75 Å². The van der Waals surface area contributed by atoms with Crippen molar-refractivity contribution < 1.29 is 4.74 Å². The van der Waals surface area contributed by atoms with E-state index in [-0.39, 0.29) is 0 Å². The Morgan fingerprint density at radius 1 is 1.31 bits per heavy atom. The van der Waals surface area contributed by atoms with Crippen molar-refractivity contribution in [1.29, 1.82) is 0 Å². The Morgan fingerprint density at radius 3 is 2.75 bits per heavy atom. The standard InChI is InChI=1S/C10H12N4OS/c1-2-15-9-5-3-8(4-6-9)7-11-10-12-13-14-16-10/h3-6H,2,7H2,1H3,(H,11,12,14). The summed E-state index contributed by atoms with van der Waals surface area (Å²) in [6.07, 6.45) is 0. The average molecular weight is 236 g/mol. The zero-order valence-corrected chi connectivity index (χ0v) is 9.70. The van der Waals surface area contributed by atoms with Crippen molar-refractivity contribution >= 4 is 16.7 Å². The lowest BCUT2D eigenvalue weighted by Crippen LogP contribution is -1.99. The number of aromatic nitrogens is 3. The van der Waals surface area contributed by atoms with Crippen LogP contribution in [0.15, 0.2) is 24.3 Å². The van der Waals surface area contributed by atoms with Gasteiger partial charge in [-0.05, 0) is 29.8 Å². The number of ether oxygens (including phenoxy) is 1. The zero-order chi connectivity index (χ0) is 11.2. The Morgan fingerprint density at radius 2 is 2.12 bits per heavy atom. The number of anilines is 1. The number of hydrogen-bond donors (Lipinski definition) is 1. The number of rotatable bonds is 5. The minimum Gasteiger partial charge on any atom is -0.494 e. The van der Waals surface area contributed by atoms with E-state index in [9.17, 15) is 0 Å². The van der Waals surface area contributed by atoms with Gasteiger partial charge in [0.15, 0.2) is 0 Å². The van der Waals surface area contributed by atoms with Crippen LogP contribution in [0.1, 0.15) is 12.5 Å². The molecule has 0 amide bonds. The lowest BCUT2D eigenvalue weighted by atomic mass is 10.2. The highest BCUT2D eigenvalue weighted by Crippen LogP contribution is 2.13. The van der Waals surface area contributed by atoms with E-state index in [2.05, 4.69) is 20.1 Å². The fourth-order valence-electron chi connectivity index (χ4n) is 1.25. The lowest BCUT2D eigenvalue weighted by Gasteiger charge is -2.05. The molecule has 2 rings (SSSR count). The Bertz CT molecular complexity index is 415. The van der Waals surface area contributed by atoms with Gasteiger partial charge in [-0.3, -0.25) is 0 Å². The summed E-state index contributed by atoms with van der Waals surface area (Å²) in [5.74, 6) is 0.892. The van der Waals surface area contributed by atoms with Crippen LogP contribution in [0.3, 0.4) is 0 Å². The third kappa shape index (κ3) is 2.90. The van der Waals surface area contributed by atoms with E-state index in [4.69, 9.17) is 4.74 Å². The molecule has 0 bridgehead atoms. The second-order valence-electron chi connectivity index (χ2n) is 3.10. The topological polar surface area (TPSA) is 59.9 Å². The highest BCUT2D eigenvalue weighted by molar-refractivity contribution is 7.09. The predicted octanol–water partition coefficient (Wildman–Crippen LogP) is 1.94. The molecule has 5 nitrogen and oxygen atoms in total. The van der Waals surface area contributed by atoms with Gasteiger partial charge in [0.05, 0.1) is 6.61 Å². The molecular weight excluding hydrogens is 224 g/mol. The third-order valence-electron chi connectivity index (χ3n) is 1.98. The molecule has 0 atom stereocenters. The molecule has 1 N–H and O–H groups in total. The average Bonchev–Trinajstić information content (AvgIpc) is 2.82. The van der Waals surface area contributed by atoms with Crippen LogP contribution in [0.25, 0.3) is 0 Å². The lowest BCUT2D eigenvalue weighted by molar-refractivity contribution is 0.340. The van der Waals surface area contributed by atoms with E-state index < -0.39 is 0 Å². The first kappa shape index (κ1) is 10.8. The zero-order valence-electron chi connectivity index (χ0n) is 8.88. The number of benzene rings is 1. The molecule has 0 aliphatic heterocycles. The summed E-state index contributed by atoms with van der Waals surface area (Å²) < 4.78 is 9.03. The van der Waals surface area contributed by atoms with Crippen LogP contribution in [-0.2, 0) is 6.54 Å². The smallest absolute Gasteiger partial charge is 0.225 e. The maximum absolute atomic E-state index is 5.36. The van der Waals surface area contributed by atoms with Gasteiger partial charge in [-0.2, -0.15) is 0 Å². The molecule has 0 radical (unpaired) electrons. The summed E-state index contributed by atoms with van der Waals surface area (Å²) in [5, 5.41) is 11.2. The Hall–Kier alpha value is -1.69. The summed E-state index contributed by atoms with van der Waals surface area (Å²) in [6.45, 7) is 3.37. The molecule has 0 unspecified atom stereocenters. The van der Waals surface area contributed by atoms with Gasteiger partial charge in [0.2, 0.25) is 5.13 Å². The van der Waals surface area contributed by atoms with Crippen LogP contribution in [0, 0.1) is 0 Å². The molecule has 0 aliphatic carbocycles. The van der Waals surface area contributed by atoms with Gasteiger partial charge < -0.3 is 10.1 Å². The predicted molar refractivity (Wildman–Crippen MR) is 62.6 cm³/mol. The van der Waals surface area contributed by atoms with Gasteiger partial charge in [0.1, 0.15) is 5.75 Å². The molecule has 0 fully saturated rings. The fourth-order valence-corrected chi connectivity index (χ4v) is 1.61. The molecule has 0 spiro atoms. The minimum absolute atomic E-state index is 0.689. The first-order chi connectivity index (χ1) is 7.88. The van der Waals surface area contributed by atoms with Gasteiger partial charge in [-0.1, -0.05) is 21.7 Å². The molecule has 0 aliphatic rings. The highest BCUT2D eigenvalue weighted by atomic mass is 32.1. The van der Waals surface area contributed by atoms with E-state index in [1.165, 1.54) is 17.1 Å². The van der Waals surface area contributed by atoms with Crippen molar-refractivity contribution in [3.8, 4) is 5.75 Å². The van der Waals surface area contributed by atoms with Gasteiger partial charge in [-0.15, -0.1) is 0 Å². The second kappa shape index (κ2) is 5.41. The van der Waals surface area contributed by atoms with Gasteiger partial charge in [0.25, 0.3) is 0 Å². The summed E-state index contributed by atoms with van der Waals surface area (Å²) in [6, 6.07) is 7.96. The molecule has 0 saturated heterocycles. The van der Waals surface area contributed by atoms with E-state index in [0.29, 0.717) is 13.2 Å². The van der Waals surface area contributed by atoms with Gasteiger partial charge >= 0.3 is 0 Å². The van der Waals surface area contributed by atoms with Crippen LogP contribution < -0.4 is 10.1 Å². The van der Waals surface area contributed by atoms with Gasteiger partial charge in [0, 0.05) is 18.1 Å². The molecule has 2 aromatic rings. The maximum atomic E-state index is 5.36. The molecule has 1 aromatic carbocycles. The Balaban J connectivity index is 1.90. The van der Waals surface area contributed by atoms with Crippen LogP contribution in [-0.4, -0.2) is 21.4 Å². The summed E-state index contributed by atoms with van der Waals surface area (Å²) in [5.41, 5.74) is 1.17. The van der Waals surface area contributed by atoms with Crippen molar-refractivity contribution in [2.24, 2.45) is 0 Å². The van der Waals surface area contributed by atoms with E-state index >= 15 is 0 Å². The third-order valence-corrected chi connectivity index (χ3v) is 2.53. The Kier molecular flexibility index (Phi) is 3.66. The summed E-state index contributed by atoms with van der Waals surface area (Å²) in [7, 11) is 0. The van der Waals surface area contributed by atoms with Gasteiger partial charge in [-0.25, -0.2) is 0 Å². The first-order valence-corrected chi connectivity index (χ1v) is 5.76. The monoisotopic (exact) mass is 236 g/mol. The van der Waals surface area contributed by atoms with Crippen LogP contribution in [0.2, 0.25) is 0 Å². The molecule has 0 saturated carbocycles. The van der Waals surface area contributed by atoms with E-state index in [1.807, 2.05) is 31.2 Å². The van der Waals surface area contributed by atoms with Crippen LogP contribution in [0.4, 0.5) is 5.13 Å². The first-order valence-electron chi connectivity index (χ1n) is 4.99. The van der Waals surface area contributed by atoms with Crippen molar-refractivity contribution in [2.75, 3.05) is 11.9 Å². The normalized spacial score (nSPS) is 10.1. The Labute approximate surface area is 97.6 Å². The SMILES string of the molecule is CCOc1ccc(CNc2nnns2)cc1. The van der Waals surface area contributed by atoms with E-state index in [0.717, 1.165) is 10.9 Å². The second-order valence-corrected chi connectivity index (χ2v) is 3.83. The number of hydrogen-bond acceptors (Lipinski definition) is 6. The quantitative estimate of drug-likeness (QED) is 0.859. The van der Waals surface area contributed by atoms with Crippen molar-refractivity contribution in [1.82, 2.24) is 14.8 Å². The number of nitrogens with zero attached hydrogens (tertiary/aromatic N) is 3. The summed E-state index contributed by atoms with van der Waals surface area (Å²) in [4.78, 5) is 0.